The number of fused-ring (bicyclic) bond motifs is 2. The van der Waals surface area contributed by atoms with Gasteiger partial charge in [-0.2, -0.15) is 5.26 Å². The van der Waals surface area contributed by atoms with Crippen molar-refractivity contribution >= 4 is 5.97 Å². The van der Waals surface area contributed by atoms with Gasteiger partial charge in [0.15, 0.2) is 0 Å². The molecule has 1 heterocycles. The first-order chi connectivity index (χ1) is 16.2. The van der Waals surface area contributed by atoms with Gasteiger partial charge >= 0.3 is 5.97 Å². The zero-order valence-electron chi connectivity index (χ0n) is 18.5. The summed E-state index contributed by atoms with van der Waals surface area (Å²) in [6.45, 7) is 0.472. The van der Waals surface area contributed by atoms with Crippen molar-refractivity contribution < 1.29 is 19.0 Å². The summed E-state index contributed by atoms with van der Waals surface area (Å²) in [5, 5.41) is 9.69. The molecule has 0 fully saturated rings. The van der Waals surface area contributed by atoms with Gasteiger partial charge in [-0.1, -0.05) is 42.5 Å². The van der Waals surface area contributed by atoms with Crippen LogP contribution in [-0.4, -0.2) is 19.7 Å². The van der Waals surface area contributed by atoms with Crippen LogP contribution in [0.3, 0.4) is 0 Å². The molecule has 1 aliphatic heterocycles. The third-order valence-corrected chi connectivity index (χ3v) is 6.60. The van der Waals surface area contributed by atoms with Crippen molar-refractivity contribution in [3.8, 4) is 17.6 Å². The smallest absolute Gasteiger partial charge is 0.306 e. The van der Waals surface area contributed by atoms with Gasteiger partial charge in [-0.15, -0.1) is 0 Å². The van der Waals surface area contributed by atoms with Crippen molar-refractivity contribution in [1.82, 2.24) is 0 Å². The number of carbonyl (C=O) groups excluding carboxylic acids is 1. The average molecular weight is 440 g/mol. The Morgan fingerprint density at radius 2 is 1.94 bits per heavy atom. The third-order valence-electron chi connectivity index (χ3n) is 6.60. The molecule has 2 aliphatic rings. The fourth-order valence-corrected chi connectivity index (χ4v) is 4.92. The minimum atomic E-state index is -0.234. The normalized spacial score (nSPS) is 18.1. The summed E-state index contributed by atoms with van der Waals surface area (Å²) >= 11 is 0. The lowest BCUT2D eigenvalue weighted by Gasteiger charge is -2.17. The highest BCUT2D eigenvalue weighted by Crippen LogP contribution is 2.42. The summed E-state index contributed by atoms with van der Waals surface area (Å²) in [5.74, 6) is 1.30. The second-order valence-electron chi connectivity index (χ2n) is 8.57. The van der Waals surface area contributed by atoms with Gasteiger partial charge in [0.25, 0.3) is 0 Å². The van der Waals surface area contributed by atoms with E-state index >= 15 is 0 Å². The molecule has 1 unspecified atom stereocenters. The number of methoxy groups -OCH3 is 1. The topological polar surface area (TPSA) is 68.6 Å². The maximum atomic E-state index is 11.7. The quantitative estimate of drug-likeness (QED) is 0.491. The van der Waals surface area contributed by atoms with Gasteiger partial charge in [-0.3, -0.25) is 4.79 Å². The molecule has 5 heteroatoms. The van der Waals surface area contributed by atoms with E-state index in [1.807, 2.05) is 48.5 Å². The predicted octanol–water partition coefficient (Wildman–Crippen LogP) is 5.25. The van der Waals surface area contributed by atoms with Crippen molar-refractivity contribution in [2.24, 2.45) is 0 Å². The molecule has 0 spiro atoms. The first kappa shape index (κ1) is 21.1. The van der Waals surface area contributed by atoms with Crippen molar-refractivity contribution in [3.63, 3.8) is 0 Å². The largest absolute Gasteiger partial charge is 0.492 e. The number of rotatable bonds is 6. The van der Waals surface area contributed by atoms with Gasteiger partial charge in [0.05, 0.1) is 31.8 Å². The fraction of sp³-hybridized carbons (Fsp3) is 0.286. The number of ether oxygens (including phenoxy) is 3. The lowest BCUT2D eigenvalue weighted by atomic mass is 9.92. The van der Waals surface area contributed by atoms with E-state index in [2.05, 4.69) is 18.2 Å². The Balaban J connectivity index is 1.37. The number of hydrogen-bond acceptors (Lipinski definition) is 5. The zero-order chi connectivity index (χ0) is 22.8. The van der Waals surface area contributed by atoms with Crippen LogP contribution in [0.5, 0.6) is 11.5 Å². The number of nitrogens with zero attached hydrogens (tertiary/aromatic N) is 1. The molecule has 2 atom stereocenters. The van der Waals surface area contributed by atoms with Gasteiger partial charge < -0.3 is 14.2 Å². The Hall–Kier alpha value is -3.78. The Labute approximate surface area is 193 Å². The molecular formula is C28H25NO4. The van der Waals surface area contributed by atoms with Crippen LogP contribution in [0.4, 0.5) is 0 Å². The lowest BCUT2D eigenvalue weighted by molar-refractivity contribution is -0.141. The number of benzene rings is 3. The van der Waals surface area contributed by atoms with Gasteiger partial charge in [-0.25, -0.2) is 0 Å². The third kappa shape index (κ3) is 4.17. The van der Waals surface area contributed by atoms with Crippen LogP contribution in [0.15, 0.2) is 60.7 Å². The van der Waals surface area contributed by atoms with E-state index in [0.717, 1.165) is 53.0 Å². The van der Waals surface area contributed by atoms with E-state index in [1.165, 1.54) is 18.2 Å². The molecule has 166 valence electrons. The Morgan fingerprint density at radius 1 is 1.12 bits per heavy atom. The second-order valence-corrected chi connectivity index (χ2v) is 8.57. The molecule has 0 N–H and O–H groups in total. The van der Waals surface area contributed by atoms with E-state index in [9.17, 15) is 10.1 Å². The minimum absolute atomic E-state index is 0.0126. The highest BCUT2D eigenvalue weighted by atomic mass is 16.5. The summed E-state index contributed by atoms with van der Waals surface area (Å²) in [6.07, 6.45) is 2.75. The molecule has 0 bridgehead atoms. The first-order valence-electron chi connectivity index (χ1n) is 11.2. The fourth-order valence-electron chi connectivity index (χ4n) is 4.92. The molecule has 0 saturated carbocycles. The molecule has 0 amide bonds. The SMILES string of the molecule is COC(=O)CC1COc2cc(O[C@@H]3CCc4c3ccc(C#N)c4Cc3ccccc3)ccc21. The van der Waals surface area contributed by atoms with Crippen molar-refractivity contribution in [3.05, 3.63) is 94.0 Å². The molecular weight excluding hydrogens is 414 g/mol. The van der Waals surface area contributed by atoms with Crippen LogP contribution in [0, 0.1) is 11.3 Å². The summed E-state index contributed by atoms with van der Waals surface area (Å²) < 4.78 is 17.0. The monoisotopic (exact) mass is 439 g/mol. The van der Waals surface area contributed by atoms with Crippen LogP contribution in [0.2, 0.25) is 0 Å². The average Bonchev–Trinajstić information content (AvgIpc) is 3.44. The highest BCUT2D eigenvalue weighted by molar-refractivity contribution is 5.71. The Kier molecular flexibility index (Phi) is 5.75. The van der Waals surface area contributed by atoms with Crippen molar-refractivity contribution in [1.29, 1.82) is 5.26 Å². The standard InChI is InChI=1S/C28H25NO4/c1-31-28(30)14-20-17-32-27-15-21(8-10-22(20)27)33-26-12-11-23-24(26)9-7-19(16-29)25(23)13-18-5-3-2-4-6-18/h2-10,15,20,26H,11-14,17H2,1H3/t20?,26-/m1/s1. The van der Waals surface area contributed by atoms with E-state index in [4.69, 9.17) is 14.2 Å². The highest BCUT2D eigenvalue weighted by Gasteiger charge is 2.30. The lowest BCUT2D eigenvalue weighted by Crippen LogP contribution is -2.09. The van der Waals surface area contributed by atoms with Gasteiger partial charge in [0.1, 0.15) is 17.6 Å². The summed E-state index contributed by atoms with van der Waals surface area (Å²) in [4.78, 5) is 11.7. The number of carbonyl (C=O) groups is 1. The van der Waals surface area contributed by atoms with Crippen LogP contribution in [-0.2, 0) is 22.4 Å². The molecule has 1 aliphatic carbocycles. The van der Waals surface area contributed by atoms with Crippen molar-refractivity contribution in [2.75, 3.05) is 13.7 Å². The molecule has 3 aromatic rings. The van der Waals surface area contributed by atoms with E-state index in [1.54, 1.807) is 0 Å². The molecule has 33 heavy (non-hydrogen) atoms. The van der Waals surface area contributed by atoms with E-state index in [-0.39, 0.29) is 18.0 Å². The molecule has 5 nitrogen and oxygen atoms in total. The van der Waals surface area contributed by atoms with Gasteiger partial charge in [0, 0.05) is 17.5 Å². The number of nitriles is 1. The molecule has 0 aromatic heterocycles. The van der Waals surface area contributed by atoms with Crippen molar-refractivity contribution in [2.45, 2.75) is 37.7 Å². The summed E-state index contributed by atoms with van der Waals surface area (Å²) in [6, 6.07) is 22.4. The zero-order valence-corrected chi connectivity index (χ0v) is 18.5. The summed E-state index contributed by atoms with van der Waals surface area (Å²) in [5.41, 5.74) is 6.45. The second kappa shape index (κ2) is 8.99. The van der Waals surface area contributed by atoms with Crippen LogP contribution >= 0.6 is 0 Å². The van der Waals surface area contributed by atoms with Crippen LogP contribution in [0.1, 0.15) is 58.2 Å². The molecule has 3 aromatic carbocycles. The molecule has 0 saturated heterocycles. The maximum absolute atomic E-state index is 11.7. The van der Waals surface area contributed by atoms with E-state index < -0.39 is 0 Å². The minimum Gasteiger partial charge on any atom is -0.492 e. The Bertz CT molecular complexity index is 1230. The number of hydrogen-bond donors (Lipinski definition) is 0. The summed E-state index contributed by atoms with van der Waals surface area (Å²) in [7, 11) is 1.40. The first-order valence-corrected chi connectivity index (χ1v) is 11.2. The maximum Gasteiger partial charge on any atom is 0.306 e. The van der Waals surface area contributed by atoms with Crippen LogP contribution < -0.4 is 9.47 Å². The van der Waals surface area contributed by atoms with E-state index in [0.29, 0.717) is 13.0 Å². The molecule has 0 radical (unpaired) electrons. The van der Waals surface area contributed by atoms with Crippen LogP contribution in [0.25, 0.3) is 0 Å². The molecule has 5 rings (SSSR count). The Morgan fingerprint density at radius 3 is 2.73 bits per heavy atom. The number of esters is 1. The van der Waals surface area contributed by atoms with Gasteiger partial charge in [-0.05, 0) is 53.6 Å². The predicted molar refractivity (Wildman–Crippen MR) is 123 cm³/mol. The van der Waals surface area contributed by atoms with Gasteiger partial charge in [0.2, 0.25) is 0 Å².